The minimum atomic E-state index is 0.0767. The van der Waals surface area contributed by atoms with Crippen molar-refractivity contribution in [3.8, 4) is 5.75 Å². The molecule has 4 rings (SSSR count). The first-order valence-corrected chi connectivity index (χ1v) is 9.67. The van der Waals surface area contributed by atoms with Gasteiger partial charge in [0.25, 0.3) is 5.91 Å². The number of amides is 1. The second-order valence-corrected chi connectivity index (χ2v) is 7.06. The molecule has 0 spiro atoms. The van der Waals surface area contributed by atoms with Crippen molar-refractivity contribution >= 4 is 16.7 Å². The molecule has 27 heavy (non-hydrogen) atoms. The summed E-state index contributed by atoms with van der Waals surface area (Å²) in [6, 6.07) is 13.9. The van der Waals surface area contributed by atoms with Crippen molar-refractivity contribution in [3.05, 3.63) is 60.4 Å². The lowest BCUT2D eigenvalue weighted by Gasteiger charge is -2.32. The van der Waals surface area contributed by atoms with Crippen LogP contribution >= 0.6 is 0 Å². The molecule has 0 atom stereocenters. The number of benzene rings is 2. The highest BCUT2D eigenvalue weighted by atomic mass is 16.5. The lowest BCUT2D eigenvalue weighted by molar-refractivity contribution is 0.0679. The number of ether oxygens (including phenoxy) is 1. The van der Waals surface area contributed by atoms with Gasteiger partial charge in [-0.3, -0.25) is 9.48 Å². The first-order valence-electron chi connectivity index (χ1n) is 9.67. The van der Waals surface area contributed by atoms with Crippen molar-refractivity contribution < 1.29 is 9.53 Å². The number of rotatable bonds is 5. The molecule has 1 aliphatic rings. The Bertz CT molecular complexity index is 912. The van der Waals surface area contributed by atoms with Gasteiger partial charge in [0.2, 0.25) is 0 Å². The Kier molecular flexibility index (Phi) is 5.10. The van der Waals surface area contributed by atoms with E-state index < -0.39 is 0 Å². The summed E-state index contributed by atoms with van der Waals surface area (Å²) in [5, 5.41) is 6.33. The number of aromatic nitrogens is 2. The molecule has 2 aromatic carbocycles. The lowest BCUT2D eigenvalue weighted by Crippen LogP contribution is -2.39. The summed E-state index contributed by atoms with van der Waals surface area (Å²) in [6.45, 7) is 4.97. The molecule has 0 N–H and O–H groups in total. The van der Waals surface area contributed by atoms with Gasteiger partial charge in [-0.15, -0.1) is 0 Å². The summed E-state index contributed by atoms with van der Waals surface area (Å²) < 4.78 is 7.78. The molecular formula is C22H25N3O2. The molecule has 1 fully saturated rings. The molecule has 1 amide bonds. The van der Waals surface area contributed by atoms with Crippen LogP contribution in [0.5, 0.6) is 5.75 Å². The van der Waals surface area contributed by atoms with Crippen LogP contribution in [0.15, 0.2) is 54.9 Å². The van der Waals surface area contributed by atoms with Crippen molar-refractivity contribution in [2.45, 2.75) is 26.3 Å². The van der Waals surface area contributed by atoms with Crippen molar-refractivity contribution in [1.82, 2.24) is 14.7 Å². The Hall–Kier alpha value is -2.82. The molecule has 0 aliphatic carbocycles. The van der Waals surface area contributed by atoms with E-state index in [4.69, 9.17) is 4.74 Å². The van der Waals surface area contributed by atoms with Gasteiger partial charge >= 0.3 is 0 Å². The molecule has 0 unspecified atom stereocenters. The van der Waals surface area contributed by atoms with E-state index in [0.29, 0.717) is 23.8 Å². The third-order valence-corrected chi connectivity index (χ3v) is 5.31. The summed E-state index contributed by atoms with van der Waals surface area (Å²) in [7, 11) is 0. The maximum atomic E-state index is 13.4. The van der Waals surface area contributed by atoms with E-state index in [2.05, 4.69) is 5.10 Å². The largest absolute Gasteiger partial charge is 0.493 e. The number of carbonyl (C=O) groups is 1. The summed E-state index contributed by atoms with van der Waals surface area (Å²) in [5.41, 5.74) is 0.695. The van der Waals surface area contributed by atoms with Crippen molar-refractivity contribution in [3.63, 3.8) is 0 Å². The quantitative estimate of drug-likeness (QED) is 0.689. The summed E-state index contributed by atoms with van der Waals surface area (Å²) in [6.07, 6.45) is 5.82. The number of fused-ring (bicyclic) bond motifs is 1. The lowest BCUT2D eigenvalue weighted by atomic mass is 9.95. The van der Waals surface area contributed by atoms with Gasteiger partial charge in [0.05, 0.1) is 12.2 Å². The molecule has 3 aromatic rings. The van der Waals surface area contributed by atoms with Gasteiger partial charge in [0.15, 0.2) is 0 Å². The molecule has 1 aromatic heterocycles. The normalized spacial score (nSPS) is 15.2. The maximum absolute atomic E-state index is 13.4. The monoisotopic (exact) mass is 363 g/mol. The number of hydrogen-bond acceptors (Lipinski definition) is 3. The number of hydrogen-bond donors (Lipinski definition) is 0. The molecule has 0 radical (unpaired) electrons. The van der Waals surface area contributed by atoms with Crippen molar-refractivity contribution in [2.24, 2.45) is 5.92 Å². The maximum Gasteiger partial charge on any atom is 0.258 e. The smallest absolute Gasteiger partial charge is 0.258 e. The Morgan fingerprint density at radius 2 is 1.96 bits per heavy atom. The Labute approximate surface area is 159 Å². The second kappa shape index (κ2) is 7.82. The first-order chi connectivity index (χ1) is 13.3. The van der Waals surface area contributed by atoms with Gasteiger partial charge < -0.3 is 9.64 Å². The van der Waals surface area contributed by atoms with E-state index in [-0.39, 0.29) is 5.91 Å². The van der Waals surface area contributed by atoms with E-state index in [0.717, 1.165) is 43.2 Å². The Balaban J connectivity index is 1.53. The van der Waals surface area contributed by atoms with Crippen LogP contribution in [0.25, 0.3) is 10.8 Å². The highest BCUT2D eigenvalue weighted by Crippen LogP contribution is 2.31. The summed E-state index contributed by atoms with van der Waals surface area (Å²) >= 11 is 0. The standard InChI is InChI=1S/C22H25N3O2/c1-2-27-20-9-8-18-6-3-4-7-19(18)21(20)22(26)24-14-10-17(11-15-24)16-25-13-5-12-23-25/h3-9,12-13,17H,2,10-11,14-16H2,1H3. The predicted octanol–water partition coefficient (Wildman–Crippen LogP) is 3.99. The van der Waals surface area contributed by atoms with Crippen LogP contribution in [-0.4, -0.2) is 40.3 Å². The first kappa shape index (κ1) is 17.6. The van der Waals surface area contributed by atoms with Crippen LogP contribution in [0.2, 0.25) is 0 Å². The highest BCUT2D eigenvalue weighted by molar-refractivity contribution is 6.09. The second-order valence-electron chi connectivity index (χ2n) is 7.06. The number of carbonyl (C=O) groups excluding carboxylic acids is 1. The molecule has 5 nitrogen and oxygen atoms in total. The fraction of sp³-hybridized carbons (Fsp3) is 0.364. The molecule has 1 saturated heterocycles. The highest BCUT2D eigenvalue weighted by Gasteiger charge is 2.27. The minimum absolute atomic E-state index is 0.0767. The third-order valence-electron chi connectivity index (χ3n) is 5.31. The fourth-order valence-electron chi connectivity index (χ4n) is 3.90. The van der Waals surface area contributed by atoms with E-state index in [1.807, 2.05) is 71.4 Å². The number of nitrogens with zero attached hydrogens (tertiary/aromatic N) is 3. The van der Waals surface area contributed by atoms with Gasteiger partial charge in [-0.2, -0.15) is 5.10 Å². The van der Waals surface area contributed by atoms with Gasteiger partial charge in [-0.05, 0) is 48.6 Å². The van der Waals surface area contributed by atoms with Gasteiger partial charge in [0, 0.05) is 32.0 Å². The van der Waals surface area contributed by atoms with Crippen LogP contribution < -0.4 is 4.74 Å². The topological polar surface area (TPSA) is 47.4 Å². The number of piperidine rings is 1. The third kappa shape index (κ3) is 3.68. The van der Waals surface area contributed by atoms with E-state index in [1.165, 1.54) is 0 Å². The molecule has 1 aliphatic heterocycles. The SMILES string of the molecule is CCOc1ccc2ccccc2c1C(=O)N1CCC(Cn2cccn2)CC1. The average molecular weight is 363 g/mol. The summed E-state index contributed by atoms with van der Waals surface area (Å²) in [5.74, 6) is 1.32. The minimum Gasteiger partial charge on any atom is -0.493 e. The average Bonchev–Trinajstić information content (AvgIpc) is 3.21. The van der Waals surface area contributed by atoms with Crippen molar-refractivity contribution in [2.75, 3.05) is 19.7 Å². The molecular weight excluding hydrogens is 338 g/mol. The Morgan fingerprint density at radius 1 is 1.15 bits per heavy atom. The predicted molar refractivity (Wildman–Crippen MR) is 106 cm³/mol. The Morgan fingerprint density at radius 3 is 2.70 bits per heavy atom. The molecule has 140 valence electrons. The van der Waals surface area contributed by atoms with Crippen LogP contribution in [0.4, 0.5) is 0 Å². The van der Waals surface area contributed by atoms with Crippen LogP contribution in [-0.2, 0) is 6.54 Å². The van der Waals surface area contributed by atoms with E-state index >= 15 is 0 Å². The zero-order chi connectivity index (χ0) is 18.6. The molecule has 0 saturated carbocycles. The molecule has 0 bridgehead atoms. The van der Waals surface area contributed by atoms with Crippen molar-refractivity contribution in [1.29, 1.82) is 0 Å². The van der Waals surface area contributed by atoms with Gasteiger partial charge in [-0.25, -0.2) is 0 Å². The van der Waals surface area contributed by atoms with Crippen LogP contribution in [0, 0.1) is 5.92 Å². The van der Waals surface area contributed by atoms with Gasteiger partial charge in [0.1, 0.15) is 5.75 Å². The zero-order valence-corrected chi connectivity index (χ0v) is 15.7. The number of likely N-dealkylation sites (tertiary alicyclic amines) is 1. The fourth-order valence-corrected chi connectivity index (χ4v) is 3.90. The van der Waals surface area contributed by atoms with Gasteiger partial charge in [-0.1, -0.05) is 30.3 Å². The van der Waals surface area contributed by atoms with E-state index in [1.54, 1.807) is 0 Å². The molecule has 5 heteroatoms. The van der Waals surface area contributed by atoms with Crippen LogP contribution in [0.3, 0.4) is 0 Å². The van der Waals surface area contributed by atoms with Crippen LogP contribution in [0.1, 0.15) is 30.1 Å². The molecule has 2 heterocycles. The van der Waals surface area contributed by atoms with E-state index in [9.17, 15) is 4.79 Å². The summed E-state index contributed by atoms with van der Waals surface area (Å²) in [4.78, 5) is 15.3. The zero-order valence-electron chi connectivity index (χ0n) is 15.7.